The van der Waals surface area contributed by atoms with Crippen LogP contribution in [0.1, 0.15) is 54.8 Å². The summed E-state index contributed by atoms with van der Waals surface area (Å²) < 4.78 is 13.5. The Hall–Kier alpha value is -3.28. The molecule has 0 unspecified atom stereocenters. The van der Waals surface area contributed by atoms with Gasteiger partial charge in [0.25, 0.3) is 0 Å². The van der Waals surface area contributed by atoms with Crippen molar-refractivity contribution in [1.29, 1.82) is 0 Å². The molecule has 0 fully saturated rings. The number of hydrogen-bond donors (Lipinski definition) is 1. The van der Waals surface area contributed by atoms with E-state index in [4.69, 9.17) is 9.47 Å². The Morgan fingerprint density at radius 3 is 2.50 bits per heavy atom. The van der Waals surface area contributed by atoms with E-state index in [-0.39, 0.29) is 30.2 Å². The van der Waals surface area contributed by atoms with Gasteiger partial charge in [0.2, 0.25) is 5.91 Å². The number of nitrogens with one attached hydrogen (secondary N) is 1. The zero-order valence-electron chi connectivity index (χ0n) is 19.1. The van der Waals surface area contributed by atoms with Crippen molar-refractivity contribution < 1.29 is 19.1 Å². The van der Waals surface area contributed by atoms with Gasteiger partial charge in [-0.25, -0.2) is 0 Å². The van der Waals surface area contributed by atoms with Crippen molar-refractivity contribution in [3.05, 3.63) is 59.3 Å². The van der Waals surface area contributed by atoms with Crippen molar-refractivity contribution in [3.63, 3.8) is 0 Å². The standard InChI is InChI=1S/C26H30N2O4/c1-16(2)26(19-10-11-22-23(14-19)32-13-7-12-31-22)27-24(30)15-28-17(3)25(18(4)29)20-8-5-6-9-21(20)28/h5-6,8-11,14,16,26H,7,12-13,15H2,1-4H3,(H,27,30)/t26-/m0/s1. The van der Waals surface area contributed by atoms with Crippen LogP contribution in [0.4, 0.5) is 0 Å². The molecule has 0 radical (unpaired) electrons. The van der Waals surface area contributed by atoms with Crippen LogP contribution >= 0.6 is 0 Å². The highest BCUT2D eigenvalue weighted by atomic mass is 16.5. The smallest absolute Gasteiger partial charge is 0.240 e. The fraction of sp³-hybridized carbons (Fsp3) is 0.385. The number of hydrogen-bond acceptors (Lipinski definition) is 4. The third-order valence-corrected chi connectivity index (χ3v) is 6.00. The molecule has 4 rings (SSSR count). The first kappa shape index (κ1) is 21.9. The van der Waals surface area contributed by atoms with Gasteiger partial charge in [0.05, 0.1) is 19.3 Å². The molecule has 3 aromatic rings. The lowest BCUT2D eigenvalue weighted by Gasteiger charge is -2.24. The Balaban J connectivity index is 1.60. The van der Waals surface area contributed by atoms with E-state index in [0.717, 1.165) is 40.1 Å². The Kier molecular flexibility index (Phi) is 6.21. The Bertz CT molecular complexity index is 1160. The van der Waals surface area contributed by atoms with E-state index < -0.39 is 0 Å². The molecule has 0 spiro atoms. The number of ketones is 1. The number of fused-ring (bicyclic) bond motifs is 2. The fourth-order valence-electron chi connectivity index (χ4n) is 4.45. The molecule has 1 N–H and O–H groups in total. The predicted octanol–water partition coefficient (Wildman–Crippen LogP) is 4.83. The van der Waals surface area contributed by atoms with Gasteiger partial charge >= 0.3 is 0 Å². The molecule has 1 atom stereocenters. The highest BCUT2D eigenvalue weighted by molar-refractivity contribution is 6.08. The summed E-state index contributed by atoms with van der Waals surface area (Å²) in [6.45, 7) is 9.03. The second-order valence-corrected chi connectivity index (χ2v) is 8.67. The molecular formula is C26H30N2O4. The van der Waals surface area contributed by atoms with Gasteiger partial charge in [0.1, 0.15) is 6.54 Å². The van der Waals surface area contributed by atoms with Crippen LogP contribution in [0, 0.1) is 12.8 Å². The third-order valence-electron chi connectivity index (χ3n) is 6.00. The summed E-state index contributed by atoms with van der Waals surface area (Å²) in [6.07, 6.45) is 0.848. The molecule has 1 aromatic heterocycles. The third kappa shape index (κ3) is 4.22. The zero-order valence-corrected chi connectivity index (χ0v) is 19.1. The first-order valence-electron chi connectivity index (χ1n) is 11.1. The molecule has 6 heteroatoms. The van der Waals surface area contributed by atoms with Crippen molar-refractivity contribution in [2.24, 2.45) is 5.92 Å². The number of nitrogens with zero attached hydrogens (tertiary/aromatic N) is 1. The molecule has 0 aliphatic carbocycles. The summed E-state index contributed by atoms with van der Waals surface area (Å²) in [5, 5.41) is 4.08. The minimum absolute atomic E-state index is 0.00473. The molecule has 2 heterocycles. The maximum atomic E-state index is 13.1. The lowest BCUT2D eigenvalue weighted by Crippen LogP contribution is -2.34. The number of rotatable bonds is 6. The van der Waals surface area contributed by atoms with Crippen LogP contribution in [0.5, 0.6) is 11.5 Å². The van der Waals surface area contributed by atoms with Gasteiger partial charge in [-0.15, -0.1) is 0 Å². The fourth-order valence-corrected chi connectivity index (χ4v) is 4.45. The van der Waals surface area contributed by atoms with Crippen LogP contribution in [-0.4, -0.2) is 29.5 Å². The Labute approximate surface area is 188 Å². The molecule has 1 aliphatic rings. The molecule has 32 heavy (non-hydrogen) atoms. The quantitative estimate of drug-likeness (QED) is 0.565. The second kappa shape index (κ2) is 9.07. The van der Waals surface area contributed by atoms with Crippen LogP contribution in [0.25, 0.3) is 10.9 Å². The molecule has 1 amide bonds. The summed E-state index contributed by atoms with van der Waals surface area (Å²) >= 11 is 0. The van der Waals surface area contributed by atoms with Gasteiger partial charge in [0, 0.05) is 28.6 Å². The summed E-state index contributed by atoms with van der Waals surface area (Å²) in [6, 6.07) is 13.4. The number of carbonyl (C=O) groups is 2. The number of benzene rings is 2. The highest BCUT2D eigenvalue weighted by Crippen LogP contribution is 2.34. The minimum atomic E-state index is -0.172. The van der Waals surface area contributed by atoms with Gasteiger partial charge in [-0.1, -0.05) is 38.1 Å². The number of amides is 1. The largest absolute Gasteiger partial charge is 0.490 e. The van der Waals surface area contributed by atoms with Crippen molar-refractivity contribution in [3.8, 4) is 11.5 Å². The van der Waals surface area contributed by atoms with E-state index in [1.807, 2.05) is 54.0 Å². The van der Waals surface area contributed by atoms with Gasteiger partial charge < -0.3 is 19.4 Å². The molecule has 0 bridgehead atoms. The number of Topliss-reactive ketones (excluding diaryl/α,β-unsaturated/α-hetero) is 1. The summed E-state index contributed by atoms with van der Waals surface area (Å²) in [7, 11) is 0. The number of carbonyl (C=O) groups excluding carboxylic acids is 2. The first-order valence-corrected chi connectivity index (χ1v) is 11.1. The summed E-state index contributed by atoms with van der Waals surface area (Å²) in [5.74, 6) is 1.54. The molecule has 2 aromatic carbocycles. The number of ether oxygens (including phenoxy) is 2. The van der Waals surface area contributed by atoms with Crippen LogP contribution in [-0.2, 0) is 11.3 Å². The summed E-state index contributed by atoms with van der Waals surface area (Å²) in [5.41, 5.74) is 3.36. The van der Waals surface area contributed by atoms with E-state index in [1.54, 1.807) is 6.92 Å². The second-order valence-electron chi connectivity index (χ2n) is 8.67. The van der Waals surface area contributed by atoms with Crippen LogP contribution in [0.2, 0.25) is 0 Å². The monoisotopic (exact) mass is 434 g/mol. The number of para-hydroxylation sites is 1. The molecule has 6 nitrogen and oxygen atoms in total. The lowest BCUT2D eigenvalue weighted by atomic mass is 9.95. The zero-order chi connectivity index (χ0) is 22.8. The summed E-state index contributed by atoms with van der Waals surface area (Å²) in [4.78, 5) is 25.4. The number of aromatic nitrogens is 1. The Morgan fingerprint density at radius 1 is 1.06 bits per heavy atom. The average molecular weight is 435 g/mol. The van der Waals surface area contributed by atoms with Crippen molar-refractivity contribution in [1.82, 2.24) is 9.88 Å². The predicted molar refractivity (Wildman–Crippen MR) is 124 cm³/mol. The van der Waals surface area contributed by atoms with E-state index in [2.05, 4.69) is 19.2 Å². The Morgan fingerprint density at radius 2 is 1.78 bits per heavy atom. The van der Waals surface area contributed by atoms with Crippen molar-refractivity contribution >= 4 is 22.6 Å². The minimum Gasteiger partial charge on any atom is -0.490 e. The average Bonchev–Trinajstić information content (AvgIpc) is 2.90. The lowest BCUT2D eigenvalue weighted by molar-refractivity contribution is -0.122. The van der Waals surface area contributed by atoms with Gasteiger partial charge in [-0.2, -0.15) is 0 Å². The van der Waals surface area contributed by atoms with Crippen molar-refractivity contribution in [2.45, 2.75) is 46.7 Å². The normalized spacial score (nSPS) is 14.3. The van der Waals surface area contributed by atoms with Crippen LogP contribution < -0.4 is 14.8 Å². The van der Waals surface area contributed by atoms with E-state index >= 15 is 0 Å². The molecule has 0 saturated carbocycles. The van der Waals surface area contributed by atoms with Crippen LogP contribution in [0.15, 0.2) is 42.5 Å². The maximum Gasteiger partial charge on any atom is 0.240 e. The van der Waals surface area contributed by atoms with Crippen LogP contribution in [0.3, 0.4) is 0 Å². The van der Waals surface area contributed by atoms with Gasteiger partial charge in [-0.3, -0.25) is 9.59 Å². The topological polar surface area (TPSA) is 69.6 Å². The van der Waals surface area contributed by atoms with E-state index in [0.29, 0.717) is 18.8 Å². The first-order chi connectivity index (χ1) is 15.4. The SMILES string of the molecule is CC(=O)c1c(C)n(CC(=O)N[C@H](c2ccc3c(c2)OCCCO3)C(C)C)c2ccccc12. The van der Waals surface area contributed by atoms with Gasteiger partial charge in [-0.05, 0) is 43.5 Å². The highest BCUT2D eigenvalue weighted by Gasteiger charge is 2.23. The molecule has 168 valence electrons. The maximum absolute atomic E-state index is 13.1. The molecule has 1 aliphatic heterocycles. The van der Waals surface area contributed by atoms with Gasteiger partial charge in [0.15, 0.2) is 17.3 Å². The molecular weight excluding hydrogens is 404 g/mol. The van der Waals surface area contributed by atoms with E-state index in [1.165, 1.54) is 0 Å². The van der Waals surface area contributed by atoms with E-state index in [9.17, 15) is 9.59 Å². The van der Waals surface area contributed by atoms with Crippen molar-refractivity contribution in [2.75, 3.05) is 13.2 Å². The molecule has 0 saturated heterocycles.